The summed E-state index contributed by atoms with van der Waals surface area (Å²) in [6, 6.07) is 0. The van der Waals surface area contributed by atoms with Crippen molar-refractivity contribution in [2.24, 2.45) is 11.7 Å². The predicted molar refractivity (Wildman–Crippen MR) is 41.6 cm³/mol. The fourth-order valence-corrected chi connectivity index (χ4v) is 0.668. The SMILES string of the molecule is CC(CCN)COC(C)(O)O. The lowest BCUT2D eigenvalue weighted by molar-refractivity contribution is -0.328. The molecule has 68 valence electrons. The average molecular weight is 163 g/mol. The van der Waals surface area contributed by atoms with Crippen LogP contribution in [-0.4, -0.2) is 29.3 Å². The second kappa shape index (κ2) is 4.66. The third-order valence-electron chi connectivity index (χ3n) is 1.30. The van der Waals surface area contributed by atoms with Gasteiger partial charge in [0.2, 0.25) is 0 Å². The molecule has 0 heterocycles. The zero-order valence-corrected chi connectivity index (χ0v) is 7.08. The van der Waals surface area contributed by atoms with Gasteiger partial charge >= 0.3 is 0 Å². The molecule has 4 heteroatoms. The van der Waals surface area contributed by atoms with Gasteiger partial charge in [0.15, 0.2) is 0 Å². The van der Waals surface area contributed by atoms with Gasteiger partial charge in [-0.15, -0.1) is 0 Å². The molecule has 0 aromatic rings. The van der Waals surface area contributed by atoms with Crippen LogP contribution >= 0.6 is 0 Å². The lowest BCUT2D eigenvalue weighted by Crippen LogP contribution is -2.29. The highest BCUT2D eigenvalue weighted by Gasteiger charge is 2.16. The Bertz CT molecular complexity index is 100. The lowest BCUT2D eigenvalue weighted by Gasteiger charge is -2.19. The summed E-state index contributed by atoms with van der Waals surface area (Å²) in [5.74, 6) is -1.75. The summed E-state index contributed by atoms with van der Waals surface area (Å²) in [5, 5.41) is 17.5. The summed E-state index contributed by atoms with van der Waals surface area (Å²) >= 11 is 0. The Morgan fingerprint density at radius 1 is 1.55 bits per heavy atom. The van der Waals surface area contributed by atoms with Crippen molar-refractivity contribution >= 4 is 0 Å². The Balaban J connectivity index is 3.38. The molecule has 0 aliphatic carbocycles. The first-order chi connectivity index (χ1) is 4.95. The minimum Gasteiger partial charge on any atom is -0.344 e. The second-order valence-corrected chi connectivity index (χ2v) is 2.93. The van der Waals surface area contributed by atoms with E-state index in [1.807, 2.05) is 6.92 Å². The highest BCUT2D eigenvalue weighted by atomic mass is 16.8. The molecule has 0 spiro atoms. The van der Waals surface area contributed by atoms with Crippen LogP contribution in [0.5, 0.6) is 0 Å². The maximum absolute atomic E-state index is 8.74. The monoisotopic (exact) mass is 163 g/mol. The molecule has 0 radical (unpaired) electrons. The minimum absolute atomic E-state index is 0.263. The van der Waals surface area contributed by atoms with E-state index in [0.29, 0.717) is 13.2 Å². The molecule has 0 aliphatic heterocycles. The molecule has 0 fully saturated rings. The molecule has 11 heavy (non-hydrogen) atoms. The van der Waals surface area contributed by atoms with E-state index in [1.54, 1.807) is 0 Å². The number of nitrogens with two attached hydrogens (primary N) is 1. The van der Waals surface area contributed by atoms with Crippen molar-refractivity contribution in [2.45, 2.75) is 26.2 Å². The van der Waals surface area contributed by atoms with E-state index in [4.69, 9.17) is 20.7 Å². The van der Waals surface area contributed by atoms with Crippen molar-refractivity contribution in [1.29, 1.82) is 0 Å². The predicted octanol–water partition coefficient (Wildman–Crippen LogP) is -0.354. The minimum atomic E-state index is -2.01. The van der Waals surface area contributed by atoms with Crippen LogP contribution in [0.15, 0.2) is 0 Å². The molecule has 0 aliphatic rings. The number of aliphatic hydroxyl groups is 2. The van der Waals surface area contributed by atoms with E-state index in [-0.39, 0.29) is 5.92 Å². The first kappa shape index (κ1) is 10.8. The molecule has 0 bridgehead atoms. The maximum Gasteiger partial charge on any atom is 0.274 e. The van der Waals surface area contributed by atoms with Gasteiger partial charge < -0.3 is 20.7 Å². The van der Waals surface area contributed by atoms with Crippen molar-refractivity contribution in [3.63, 3.8) is 0 Å². The van der Waals surface area contributed by atoms with Crippen LogP contribution in [0.1, 0.15) is 20.3 Å². The fraction of sp³-hybridized carbons (Fsp3) is 1.00. The first-order valence-corrected chi connectivity index (χ1v) is 3.74. The van der Waals surface area contributed by atoms with Crippen molar-refractivity contribution in [3.05, 3.63) is 0 Å². The third-order valence-corrected chi connectivity index (χ3v) is 1.30. The van der Waals surface area contributed by atoms with Crippen molar-refractivity contribution in [1.82, 2.24) is 0 Å². The summed E-state index contributed by atoms with van der Waals surface area (Å²) in [5.41, 5.74) is 5.29. The quantitative estimate of drug-likeness (QED) is 0.484. The molecule has 0 saturated carbocycles. The highest BCUT2D eigenvalue weighted by molar-refractivity contribution is 4.52. The highest BCUT2D eigenvalue weighted by Crippen LogP contribution is 2.06. The zero-order chi connectivity index (χ0) is 8.91. The molecule has 0 aromatic heterocycles. The van der Waals surface area contributed by atoms with Crippen LogP contribution in [0.3, 0.4) is 0 Å². The number of hydrogen-bond acceptors (Lipinski definition) is 4. The van der Waals surface area contributed by atoms with Gasteiger partial charge in [0.1, 0.15) is 0 Å². The van der Waals surface area contributed by atoms with Gasteiger partial charge in [0.05, 0.1) is 6.61 Å². The van der Waals surface area contributed by atoms with E-state index < -0.39 is 5.97 Å². The molecule has 1 atom stereocenters. The normalized spacial score (nSPS) is 15.0. The largest absolute Gasteiger partial charge is 0.344 e. The fourth-order valence-electron chi connectivity index (χ4n) is 0.668. The molecule has 1 unspecified atom stereocenters. The summed E-state index contributed by atoms with van der Waals surface area (Å²) < 4.78 is 4.70. The van der Waals surface area contributed by atoms with Gasteiger partial charge in [0.25, 0.3) is 5.97 Å². The maximum atomic E-state index is 8.74. The van der Waals surface area contributed by atoms with E-state index in [0.717, 1.165) is 6.42 Å². The van der Waals surface area contributed by atoms with Gasteiger partial charge in [-0.1, -0.05) is 6.92 Å². The van der Waals surface area contributed by atoms with Crippen molar-refractivity contribution in [3.8, 4) is 0 Å². The van der Waals surface area contributed by atoms with E-state index >= 15 is 0 Å². The molecule has 4 N–H and O–H groups in total. The van der Waals surface area contributed by atoms with Crippen molar-refractivity contribution < 1.29 is 14.9 Å². The van der Waals surface area contributed by atoms with E-state index in [1.165, 1.54) is 6.92 Å². The standard InChI is InChI=1S/C7H17NO3/c1-6(3-4-8)5-11-7(2,9)10/h6,9-10H,3-5,8H2,1-2H3. The number of rotatable bonds is 5. The van der Waals surface area contributed by atoms with Gasteiger partial charge in [-0.05, 0) is 18.9 Å². The van der Waals surface area contributed by atoms with Crippen LogP contribution in [0.4, 0.5) is 0 Å². The van der Waals surface area contributed by atoms with Gasteiger partial charge in [-0.3, -0.25) is 0 Å². The second-order valence-electron chi connectivity index (χ2n) is 2.93. The van der Waals surface area contributed by atoms with E-state index in [9.17, 15) is 0 Å². The summed E-state index contributed by atoms with van der Waals surface area (Å²) in [4.78, 5) is 0. The van der Waals surface area contributed by atoms with Crippen LogP contribution < -0.4 is 5.73 Å². The van der Waals surface area contributed by atoms with Gasteiger partial charge in [-0.25, -0.2) is 0 Å². The van der Waals surface area contributed by atoms with E-state index in [2.05, 4.69) is 0 Å². The molecule has 0 aromatic carbocycles. The molecular weight excluding hydrogens is 146 g/mol. The van der Waals surface area contributed by atoms with Gasteiger partial charge in [0, 0.05) is 6.92 Å². The summed E-state index contributed by atoms with van der Waals surface area (Å²) in [6.07, 6.45) is 0.829. The summed E-state index contributed by atoms with van der Waals surface area (Å²) in [7, 11) is 0. The Morgan fingerprint density at radius 3 is 2.45 bits per heavy atom. The lowest BCUT2D eigenvalue weighted by atomic mass is 10.1. The molecule has 0 amide bonds. The van der Waals surface area contributed by atoms with Crippen LogP contribution in [0, 0.1) is 5.92 Å². The first-order valence-electron chi connectivity index (χ1n) is 3.74. The Kier molecular flexibility index (Phi) is 4.60. The molecule has 0 rings (SSSR count). The van der Waals surface area contributed by atoms with Crippen LogP contribution in [0.2, 0.25) is 0 Å². The number of ether oxygens (including phenoxy) is 1. The average Bonchev–Trinajstić information content (AvgIpc) is 1.83. The molecule has 4 nitrogen and oxygen atoms in total. The molecule has 0 saturated heterocycles. The molecular formula is C7H17NO3. The van der Waals surface area contributed by atoms with Crippen LogP contribution in [-0.2, 0) is 4.74 Å². The topological polar surface area (TPSA) is 75.7 Å². The Labute approximate surface area is 67.0 Å². The Morgan fingerprint density at radius 2 is 2.09 bits per heavy atom. The van der Waals surface area contributed by atoms with Crippen LogP contribution in [0.25, 0.3) is 0 Å². The Hall–Kier alpha value is -0.160. The summed E-state index contributed by atoms with van der Waals surface area (Å²) in [6.45, 7) is 4.04. The number of hydrogen-bond donors (Lipinski definition) is 3. The smallest absolute Gasteiger partial charge is 0.274 e. The van der Waals surface area contributed by atoms with Gasteiger partial charge in [-0.2, -0.15) is 0 Å². The zero-order valence-electron chi connectivity index (χ0n) is 7.08. The third kappa shape index (κ3) is 7.74. The van der Waals surface area contributed by atoms with Crippen molar-refractivity contribution in [2.75, 3.05) is 13.2 Å².